The van der Waals surface area contributed by atoms with E-state index in [1.54, 1.807) is 6.20 Å². The summed E-state index contributed by atoms with van der Waals surface area (Å²) in [7, 11) is 0. The number of halogens is 1. The molecule has 2 N–H and O–H groups in total. The lowest BCUT2D eigenvalue weighted by molar-refractivity contribution is 0.811. The molecule has 5 heteroatoms. The van der Waals surface area contributed by atoms with Gasteiger partial charge in [0.05, 0.1) is 10.5 Å². The molecule has 22 heavy (non-hydrogen) atoms. The summed E-state index contributed by atoms with van der Waals surface area (Å²) in [6, 6.07) is 8.51. The Hall–Kier alpha value is -2.07. The normalized spacial score (nSPS) is 15.4. The number of aromatic amines is 1. The molecule has 0 saturated heterocycles. The van der Waals surface area contributed by atoms with Crippen LogP contribution in [0, 0.1) is 0 Å². The Morgan fingerprint density at radius 1 is 1.27 bits per heavy atom. The zero-order valence-corrected chi connectivity index (χ0v) is 13.1. The number of imidazole rings is 1. The van der Waals surface area contributed by atoms with Crippen LogP contribution in [0.1, 0.15) is 36.2 Å². The van der Waals surface area contributed by atoms with Crippen molar-refractivity contribution in [1.29, 1.82) is 0 Å². The van der Waals surface area contributed by atoms with Crippen molar-refractivity contribution in [2.24, 2.45) is 0 Å². The van der Waals surface area contributed by atoms with Gasteiger partial charge in [0.2, 0.25) is 0 Å². The van der Waals surface area contributed by atoms with Crippen LogP contribution in [0.15, 0.2) is 30.5 Å². The topological polar surface area (TPSA) is 53.6 Å². The highest BCUT2D eigenvalue weighted by atomic mass is 35.5. The fourth-order valence-corrected chi connectivity index (χ4v) is 3.18. The second-order valence-electron chi connectivity index (χ2n) is 5.82. The lowest BCUT2D eigenvalue weighted by atomic mass is 9.94. The lowest BCUT2D eigenvalue weighted by Gasteiger charge is -2.20. The van der Waals surface area contributed by atoms with Crippen LogP contribution in [-0.2, 0) is 6.42 Å². The number of rotatable bonds is 2. The SMILES string of the molecule is CC(c1ccc2c(c1)CCCN2)c1nc2ncc(Cl)cc2[nH]1. The molecule has 2 aromatic heterocycles. The van der Waals surface area contributed by atoms with Gasteiger partial charge in [-0.2, -0.15) is 0 Å². The minimum Gasteiger partial charge on any atom is -0.385 e. The maximum atomic E-state index is 5.99. The molecule has 0 aliphatic carbocycles. The molecule has 1 unspecified atom stereocenters. The minimum atomic E-state index is 0.195. The van der Waals surface area contributed by atoms with Crippen LogP contribution in [0.5, 0.6) is 0 Å². The van der Waals surface area contributed by atoms with Crippen molar-refractivity contribution in [2.75, 3.05) is 11.9 Å². The Kier molecular flexibility index (Phi) is 3.26. The largest absolute Gasteiger partial charge is 0.385 e. The van der Waals surface area contributed by atoms with Gasteiger partial charge in [0.15, 0.2) is 5.65 Å². The Balaban J connectivity index is 1.71. The van der Waals surface area contributed by atoms with E-state index >= 15 is 0 Å². The van der Waals surface area contributed by atoms with E-state index in [0.29, 0.717) is 10.7 Å². The van der Waals surface area contributed by atoms with Crippen molar-refractivity contribution in [3.8, 4) is 0 Å². The Labute approximate surface area is 133 Å². The standard InChI is InChI=1S/C17H17ClN4/c1-10(11-4-5-14-12(7-11)3-2-6-19-14)16-21-15-8-13(18)9-20-17(15)22-16/h4-5,7-10,19H,2-3,6H2,1H3,(H,20,21,22). The lowest BCUT2D eigenvalue weighted by Crippen LogP contribution is -2.12. The van der Waals surface area contributed by atoms with Crippen LogP contribution < -0.4 is 5.32 Å². The quantitative estimate of drug-likeness (QED) is 0.748. The first-order valence-electron chi connectivity index (χ1n) is 7.58. The Morgan fingerprint density at radius 2 is 2.18 bits per heavy atom. The molecule has 0 radical (unpaired) electrons. The van der Waals surface area contributed by atoms with Crippen LogP contribution in [0.3, 0.4) is 0 Å². The molecular weight excluding hydrogens is 296 g/mol. The first-order valence-corrected chi connectivity index (χ1v) is 7.96. The number of hydrogen-bond acceptors (Lipinski definition) is 3. The van der Waals surface area contributed by atoms with Gasteiger partial charge in [0, 0.05) is 24.3 Å². The fraction of sp³-hybridized carbons (Fsp3) is 0.294. The number of nitrogens with one attached hydrogen (secondary N) is 2. The molecule has 1 atom stereocenters. The van der Waals surface area contributed by atoms with Crippen molar-refractivity contribution in [3.05, 3.63) is 52.4 Å². The summed E-state index contributed by atoms with van der Waals surface area (Å²) >= 11 is 5.99. The van der Waals surface area contributed by atoms with Crippen LogP contribution in [0.2, 0.25) is 5.02 Å². The number of nitrogens with zero attached hydrogens (tertiary/aromatic N) is 2. The molecule has 0 fully saturated rings. The molecule has 0 saturated carbocycles. The molecule has 3 heterocycles. The zero-order chi connectivity index (χ0) is 15.1. The van der Waals surface area contributed by atoms with E-state index in [2.05, 4.69) is 45.4 Å². The van der Waals surface area contributed by atoms with Gasteiger partial charge in [-0.05, 0) is 36.1 Å². The summed E-state index contributed by atoms with van der Waals surface area (Å²) in [6.45, 7) is 3.23. The highest BCUT2D eigenvalue weighted by Gasteiger charge is 2.16. The van der Waals surface area contributed by atoms with Gasteiger partial charge >= 0.3 is 0 Å². The number of hydrogen-bond donors (Lipinski definition) is 2. The summed E-state index contributed by atoms with van der Waals surface area (Å²) in [6.07, 6.45) is 3.96. The number of H-pyrrole nitrogens is 1. The first kappa shape index (κ1) is 13.6. The number of aromatic nitrogens is 3. The van der Waals surface area contributed by atoms with Gasteiger partial charge in [-0.1, -0.05) is 30.7 Å². The molecule has 112 valence electrons. The number of benzene rings is 1. The van der Waals surface area contributed by atoms with Gasteiger partial charge in [-0.25, -0.2) is 9.97 Å². The van der Waals surface area contributed by atoms with Crippen molar-refractivity contribution >= 4 is 28.5 Å². The summed E-state index contributed by atoms with van der Waals surface area (Å²) < 4.78 is 0. The summed E-state index contributed by atoms with van der Waals surface area (Å²) in [5, 5.41) is 4.07. The van der Waals surface area contributed by atoms with E-state index in [0.717, 1.165) is 24.3 Å². The molecule has 0 spiro atoms. The van der Waals surface area contributed by atoms with Gasteiger partial charge in [-0.3, -0.25) is 0 Å². The Morgan fingerprint density at radius 3 is 3.09 bits per heavy atom. The monoisotopic (exact) mass is 312 g/mol. The molecule has 1 aliphatic heterocycles. The number of aryl methyl sites for hydroxylation is 1. The van der Waals surface area contributed by atoms with Crippen molar-refractivity contribution < 1.29 is 0 Å². The average molecular weight is 313 g/mol. The maximum absolute atomic E-state index is 5.99. The van der Waals surface area contributed by atoms with Crippen LogP contribution in [0.4, 0.5) is 5.69 Å². The predicted molar refractivity (Wildman–Crippen MR) is 89.7 cm³/mol. The minimum absolute atomic E-state index is 0.195. The van der Waals surface area contributed by atoms with E-state index in [-0.39, 0.29) is 5.92 Å². The third kappa shape index (κ3) is 2.33. The fourth-order valence-electron chi connectivity index (χ4n) is 3.02. The maximum Gasteiger partial charge on any atom is 0.177 e. The van der Waals surface area contributed by atoms with Crippen LogP contribution >= 0.6 is 11.6 Å². The van der Waals surface area contributed by atoms with Gasteiger partial charge in [-0.15, -0.1) is 0 Å². The summed E-state index contributed by atoms with van der Waals surface area (Å²) in [5.41, 5.74) is 5.53. The van der Waals surface area contributed by atoms with Crippen LogP contribution in [-0.4, -0.2) is 21.5 Å². The molecule has 1 aliphatic rings. The summed E-state index contributed by atoms with van der Waals surface area (Å²) in [4.78, 5) is 12.2. The highest BCUT2D eigenvalue weighted by Crippen LogP contribution is 2.29. The molecule has 0 amide bonds. The van der Waals surface area contributed by atoms with E-state index in [1.165, 1.54) is 23.2 Å². The van der Waals surface area contributed by atoms with Crippen molar-refractivity contribution in [3.63, 3.8) is 0 Å². The number of fused-ring (bicyclic) bond motifs is 2. The van der Waals surface area contributed by atoms with Gasteiger partial charge in [0.25, 0.3) is 0 Å². The predicted octanol–water partition coefficient (Wildman–Crippen LogP) is 4.12. The average Bonchev–Trinajstić information content (AvgIpc) is 2.96. The van der Waals surface area contributed by atoms with Gasteiger partial charge in [0.1, 0.15) is 5.82 Å². The summed E-state index contributed by atoms with van der Waals surface area (Å²) in [5.74, 6) is 1.12. The third-order valence-electron chi connectivity index (χ3n) is 4.30. The smallest absolute Gasteiger partial charge is 0.177 e. The number of anilines is 1. The molecule has 4 rings (SSSR count). The molecule has 0 bridgehead atoms. The van der Waals surface area contributed by atoms with E-state index < -0.39 is 0 Å². The number of pyridine rings is 1. The van der Waals surface area contributed by atoms with Crippen molar-refractivity contribution in [1.82, 2.24) is 15.0 Å². The van der Waals surface area contributed by atoms with Crippen LogP contribution in [0.25, 0.3) is 11.2 Å². The highest BCUT2D eigenvalue weighted by molar-refractivity contribution is 6.31. The molecule has 4 nitrogen and oxygen atoms in total. The van der Waals surface area contributed by atoms with Gasteiger partial charge < -0.3 is 10.3 Å². The van der Waals surface area contributed by atoms with E-state index in [1.807, 2.05) is 6.07 Å². The Bertz CT molecular complexity index is 840. The third-order valence-corrected chi connectivity index (χ3v) is 4.51. The zero-order valence-electron chi connectivity index (χ0n) is 12.4. The molecule has 1 aromatic carbocycles. The van der Waals surface area contributed by atoms with E-state index in [9.17, 15) is 0 Å². The molecular formula is C17H17ClN4. The first-order chi connectivity index (χ1) is 10.7. The van der Waals surface area contributed by atoms with Crippen molar-refractivity contribution in [2.45, 2.75) is 25.7 Å². The second kappa shape index (κ2) is 5.29. The second-order valence-corrected chi connectivity index (χ2v) is 6.25. The van der Waals surface area contributed by atoms with E-state index in [4.69, 9.17) is 11.6 Å². The molecule has 3 aromatic rings.